The summed E-state index contributed by atoms with van der Waals surface area (Å²) in [5.74, 6) is 0.0647. The number of nitrogens with one attached hydrogen (secondary N) is 1. The summed E-state index contributed by atoms with van der Waals surface area (Å²) in [6.07, 6.45) is 0.863. The molecule has 6 nitrogen and oxygen atoms in total. The Labute approximate surface area is 133 Å². The fourth-order valence-corrected chi connectivity index (χ4v) is 4.28. The normalized spacial score (nSPS) is 23.9. The van der Waals surface area contributed by atoms with Crippen molar-refractivity contribution in [2.75, 3.05) is 25.0 Å². The molecule has 2 aliphatic rings. The van der Waals surface area contributed by atoms with E-state index in [1.165, 1.54) is 18.3 Å². The predicted octanol–water partition coefficient (Wildman–Crippen LogP) is 1.76. The molecule has 1 aromatic heterocycles. The van der Waals surface area contributed by atoms with Crippen LogP contribution < -0.4 is 5.32 Å². The second kappa shape index (κ2) is 5.62. The molecule has 120 valence electrons. The number of likely N-dealkylation sites (tertiary alicyclic amines) is 1. The Kier molecular flexibility index (Phi) is 3.94. The van der Waals surface area contributed by atoms with Crippen molar-refractivity contribution in [2.45, 2.75) is 39.2 Å². The third kappa shape index (κ3) is 2.63. The quantitative estimate of drug-likeness (QED) is 0.900. The average Bonchev–Trinajstić information content (AvgIpc) is 3.03. The summed E-state index contributed by atoms with van der Waals surface area (Å²) in [6, 6.07) is 0. The number of anilines is 1. The van der Waals surface area contributed by atoms with Crippen molar-refractivity contribution in [1.29, 1.82) is 0 Å². The number of fused-ring (bicyclic) bond motifs is 2. The summed E-state index contributed by atoms with van der Waals surface area (Å²) in [5.41, 5.74) is 0.789. The van der Waals surface area contributed by atoms with Crippen molar-refractivity contribution in [3.63, 3.8) is 0 Å². The molecule has 0 aliphatic carbocycles. The van der Waals surface area contributed by atoms with Gasteiger partial charge in [-0.15, -0.1) is 0 Å². The van der Waals surface area contributed by atoms with E-state index in [-0.39, 0.29) is 23.1 Å². The molecule has 0 aromatic carbocycles. The molecule has 3 rings (SSSR count). The average molecular weight is 323 g/mol. The largest absolute Gasteiger partial charge is 0.375 e. The standard InChI is InChI=1S/C15H21N3O3S/c1-9(2)13(20)18-5-4-15(7-18)8-21-6-11-12(15)17-14(22-11)16-10(3)19/h9H,4-8H2,1-3H3,(H,16,17,19)/t15-/m0/s1. The molecule has 0 saturated carbocycles. The van der Waals surface area contributed by atoms with Crippen LogP contribution in [0.2, 0.25) is 0 Å². The van der Waals surface area contributed by atoms with E-state index in [0.717, 1.165) is 23.5 Å². The summed E-state index contributed by atoms with van der Waals surface area (Å²) in [4.78, 5) is 31.1. The lowest BCUT2D eigenvalue weighted by atomic mass is 9.82. The Morgan fingerprint density at radius 2 is 2.23 bits per heavy atom. The number of thiazole rings is 1. The number of carbonyl (C=O) groups is 2. The molecule has 2 amide bonds. The van der Waals surface area contributed by atoms with Crippen LogP contribution in [0.1, 0.15) is 37.8 Å². The number of amides is 2. The lowest BCUT2D eigenvalue weighted by Gasteiger charge is -2.32. The summed E-state index contributed by atoms with van der Waals surface area (Å²) >= 11 is 1.47. The van der Waals surface area contributed by atoms with Gasteiger partial charge in [0.2, 0.25) is 11.8 Å². The summed E-state index contributed by atoms with van der Waals surface area (Å²) in [7, 11) is 0. The zero-order chi connectivity index (χ0) is 15.9. The van der Waals surface area contributed by atoms with Gasteiger partial charge in [0, 0.05) is 25.9 Å². The second-order valence-corrected chi connectivity index (χ2v) is 7.49. The van der Waals surface area contributed by atoms with E-state index in [1.807, 2.05) is 18.7 Å². The van der Waals surface area contributed by atoms with Gasteiger partial charge < -0.3 is 15.0 Å². The number of rotatable bonds is 2. The summed E-state index contributed by atoms with van der Waals surface area (Å²) in [6.45, 7) is 7.84. The van der Waals surface area contributed by atoms with Crippen LogP contribution >= 0.6 is 11.3 Å². The molecular formula is C15H21N3O3S. The molecule has 0 bridgehead atoms. The molecule has 1 fully saturated rings. The van der Waals surface area contributed by atoms with Gasteiger partial charge in [-0.1, -0.05) is 25.2 Å². The Morgan fingerprint density at radius 3 is 2.91 bits per heavy atom. The molecule has 3 heterocycles. The smallest absolute Gasteiger partial charge is 0.225 e. The molecule has 1 atom stereocenters. The zero-order valence-electron chi connectivity index (χ0n) is 13.1. The van der Waals surface area contributed by atoms with Crippen molar-refractivity contribution < 1.29 is 14.3 Å². The molecule has 1 saturated heterocycles. The van der Waals surface area contributed by atoms with Crippen LogP contribution in [0.15, 0.2) is 0 Å². The van der Waals surface area contributed by atoms with E-state index in [2.05, 4.69) is 10.3 Å². The van der Waals surface area contributed by atoms with Gasteiger partial charge in [0.15, 0.2) is 5.13 Å². The van der Waals surface area contributed by atoms with Gasteiger partial charge >= 0.3 is 0 Å². The highest BCUT2D eigenvalue weighted by Gasteiger charge is 2.47. The maximum absolute atomic E-state index is 12.2. The van der Waals surface area contributed by atoms with E-state index >= 15 is 0 Å². The highest BCUT2D eigenvalue weighted by Crippen LogP contribution is 2.43. The van der Waals surface area contributed by atoms with Crippen molar-refractivity contribution in [3.8, 4) is 0 Å². The first-order valence-corrected chi connectivity index (χ1v) is 8.37. The minimum Gasteiger partial charge on any atom is -0.375 e. The Bertz CT molecular complexity index is 613. The highest BCUT2D eigenvalue weighted by molar-refractivity contribution is 7.15. The van der Waals surface area contributed by atoms with Crippen LogP contribution in [-0.4, -0.2) is 41.4 Å². The zero-order valence-corrected chi connectivity index (χ0v) is 14.0. The van der Waals surface area contributed by atoms with Crippen LogP contribution in [0.25, 0.3) is 0 Å². The van der Waals surface area contributed by atoms with Crippen molar-refractivity contribution >= 4 is 28.3 Å². The number of nitrogens with zero attached hydrogens (tertiary/aromatic N) is 2. The minimum absolute atomic E-state index is 0.00417. The number of hydrogen-bond donors (Lipinski definition) is 1. The summed E-state index contributed by atoms with van der Waals surface area (Å²) in [5, 5.41) is 3.37. The fraction of sp³-hybridized carbons (Fsp3) is 0.667. The lowest BCUT2D eigenvalue weighted by molar-refractivity contribution is -0.133. The van der Waals surface area contributed by atoms with E-state index in [0.29, 0.717) is 24.9 Å². The SMILES string of the molecule is CC(=O)Nc1nc2c(s1)COC[C@@]21CCN(C(=O)C(C)C)C1. The molecule has 1 N–H and O–H groups in total. The van der Waals surface area contributed by atoms with Crippen LogP contribution in [0.4, 0.5) is 5.13 Å². The summed E-state index contributed by atoms with van der Waals surface area (Å²) < 4.78 is 5.76. The predicted molar refractivity (Wildman–Crippen MR) is 83.8 cm³/mol. The first-order chi connectivity index (χ1) is 10.4. The van der Waals surface area contributed by atoms with Gasteiger partial charge in [0.1, 0.15) is 0 Å². The molecular weight excluding hydrogens is 302 g/mol. The molecule has 0 radical (unpaired) electrons. The van der Waals surface area contributed by atoms with Gasteiger partial charge in [-0.05, 0) is 6.42 Å². The topological polar surface area (TPSA) is 71.5 Å². The third-order valence-electron chi connectivity index (χ3n) is 4.25. The van der Waals surface area contributed by atoms with E-state index < -0.39 is 0 Å². The monoisotopic (exact) mass is 323 g/mol. The molecule has 22 heavy (non-hydrogen) atoms. The van der Waals surface area contributed by atoms with Crippen molar-refractivity contribution in [2.24, 2.45) is 5.92 Å². The second-order valence-electron chi connectivity index (χ2n) is 6.41. The van der Waals surface area contributed by atoms with Crippen LogP contribution in [-0.2, 0) is 26.3 Å². The van der Waals surface area contributed by atoms with Crippen molar-refractivity contribution in [1.82, 2.24) is 9.88 Å². The number of hydrogen-bond acceptors (Lipinski definition) is 5. The van der Waals surface area contributed by atoms with Gasteiger partial charge in [-0.25, -0.2) is 4.98 Å². The van der Waals surface area contributed by atoms with Crippen LogP contribution in [0.3, 0.4) is 0 Å². The minimum atomic E-state index is -0.217. The maximum Gasteiger partial charge on any atom is 0.225 e. The third-order valence-corrected chi connectivity index (χ3v) is 5.20. The first kappa shape index (κ1) is 15.4. The van der Waals surface area contributed by atoms with Gasteiger partial charge in [-0.3, -0.25) is 9.59 Å². The molecule has 1 spiro atoms. The van der Waals surface area contributed by atoms with Crippen LogP contribution in [0, 0.1) is 5.92 Å². The Morgan fingerprint density at radius 1 is 1.45 bits per heavy atom. The van der Waals surface area contributed by atoms with E-state index in [4.69, 9.17) is 4.74 Å². The van der Waals surface area contributed by atoms with Gasteiger partial charge in [-0.2, -0.15) is 0 Å². The molecule has 2 aliphatic heterocycles. The fourth-order valence-electron chi connectivity index (χ4n) is 3.21. The van der Waals surface area contributed by atoms with Gasteiger partial charge in [0.25, 0.3) is 0 Å². The molecule has 7 heteroatoms. The number of carbonyl (C=O) groups excluding carboxylic acids is 2. The first-order valence-electron chi connectivity index (χ1n) is 7.55. The highest BCUT2D eigenvalue weighted by atomic mass is 32.1. The number of aromatic nitrogens is 1. The van der Waals surface area contributed by atoms with Gasteiger partial charge in [0.05, 0.1) is 29.2 Å². The Balaban J connectivity index is 1.87. The van der Waals surface area contributed by atoms with Crippen LogP contribution in [0.5, 0.6) is 0 Å². The van der Waals surface area contributed by atoms with Crippen molar-refractivity contribution in [3.05, 3.63) is 10.6 Å². The number of ether oxygens (including phenoxy) is 1. The Hall–Kier alpha value is -1.47. The maximum atomic E-state index is 12.2. The van der Waals surface area contributed by atoms with E-state index in [9.17, 15) is 9.59 Å². The molecule has 0 unspecified atom stereocenters. The van der Waals surface area contributed by atoms with E-state index in [1.54, 1.807) is 0 Å². The molecule has 1 aromatic rings. The lowest BCUT2D eigenvalue weighted by Crippen LogP contribution is -2.41.